The number of benzene rings is 1. The number of hydrogen-bond acceptors (Lipinski definition) is 4. The van der Waals surface area contributed by atoms with E-state index in [1.807, 2.05) is 6.92 Å². The minimum atomic E-state index is -3.63. The van der Waals surface area contributed by atoms with E-state index in [-0.39, 0.29) is 24.0 Å². The molecule has 0 radical (unpaired) electrons. The van der Waals surface area contributed by atoms with Crippen molar-refractivity contribution in [2.75, 3.05) is 34.3 Å². The van der Waals surface area contributed by atoms with Crippen molar-refractivity contribution in [3.8, 4) is 5.75 Å². The molecule has 0 bridgehead atoms. The molecule has 0 fully saturated rings. The average molecular weight is 329 g/mol. The van der Waals surface area contributed by atoms with E-state index in [1.165, 1.54) is 11.0 Å². The summed E-state index contributed by atoms with van der Waals surface area (Å²) in [5, 5.41) is 2.59. The van der Waals surface area contributed by atoms with E-state index >= 15 is 0 Å². The van der Waals surface area contributed by atoms with Crippen molar-refractivity contribution >= 4 is 16.1 Å². The molecule has 0 heterocycles. The quantitative estimate of drug-likeness (QED) is 0.758. The standard InChI is InChI=1S/C14H23N3O4S/c1-10-11(2)13(7-6-12(10)21-5)22(19,20)16-9-8-15-14(18)17(3)4/h6-7,16H,8-9H2,1-5H3,(H,15,18). The molecule has 124 valence electrons. The topological polar surface area (TPSA) is 87.7 Å². The lowest BCUT2D eigenvalue weighted by Crippen LogP contribution is -2.39. The van der Waals surface area contributed by atoms with Gasteiger partial charge < -0.3 is 15.0 Å². The monoisotopic (exact) mass is 329 g/mol. The molecule has 0 aromatic heterocycles. The minimum Gasteiger partial charge on any atom is -0.496 e. The SMILES string of the molecule is COc1ccc(S(=O)(=O)NCCNC(=O)N(C)C)c(C)c1C. The van der Waals surface area contributed by atoms with Crippen LogP contribution in [0.1, 0.15) is 11.1 Å². The number of hydrogen-bond donors (Lipinski definition) is 2. The van der Waals surface area contributed by atoms with Gasteiger partial charge in [0.1, 0.15) is 5.75 Å². The van der Waals surface area contributed by atoms with Gasteiger partial charge in [0.05, 0.1) is 12.0 Å². The van der Waals surface area contributed by atoms with Crippen LogP contribution in [-0.4, -0.2) is 53.6 Å². The third kappa shape index (κ3) is 4.35. The summed E-state index contributed by atoms with van der Waals surface area (Å²) in [5.74, 6) is 0.648. The molecule has 0 aliphatic rings. The van der Waals surface area contributed by atoms with Crippen LogP contribution >= 0.6 is 0 Å². The summed E-state index contributed by atoms with van der Waals surface area (Å²) >= 11 is 0. The number of methoxy groups -OCH3 is 1. The van der Waals surface area contributed by atoms with Crippen LogP contribution in [0.5, 0.6) is 5.75 Å². The maximum absolute atomic E-state index is 12.3. The smallest absolute Gasteiger partial charge is 0.316 e. The van der Waals surface area contributed by atoms with E-state index in [0.717, 1.165) is 5.56 Å². The van der Waals surface area contributed by atoms with Gasteiger partial charge in [-0.2, -0.15) is 0 Å². The number of rotatable bonds is 6. The van der Waals surface area contributed by atoms with Crippen molar-refractivity contribution in [3.63, 3.8) is 0 Å². The number of amides is 2. The van der Waals surface area contributed by atoms with Gasteiger partial charge in [0.25, 0.3) is 0 Å². The van der Waals surface area contributed by atoms with Gasteiger partial charge >= 0.3 is 6.03 Å². The van der Waals surface area contributed by atoms with E-state index in [1.54, 1.807) is 34.2 Å². The molecule has 1 aromatic carbocycles. The summed E-state index contributed by atoms with van der Waals surface area (Å²) in [4.78, 5) is 12.9. The Morgan fingerprint density at radius 3 is 2.36 bits per heavy atom. The summed E-state index contributed by atoms with van der Waals surface area (Å²) in [5.41, 5.74) is 1.43. The summed E-state index contributed by atoms with van der Waals surface area (Å²) in [7, 11) is 1.14. The molecule has 8 heteroatoms. The van der Waals surface area contributed by atoms with Crippen LogP contribution in [0.3, 0.4) is 0 Å². The lowest BCUT2D eigenvalue weighted by atomic mass is 10.1. The predicted molar refractivity (Wildman–Crippen MR) is 84.7 cm³/mol. The highest BCUT2D eigenvalue weighted by Crippen LogP contribution is 2.26. The molecule has 2 N–H and O–H groups in total. The maximum atomic E-state index is 12.3. The van der Waals surface area contributed by atoms with Gasteiger partial charge in [-0.15, -0.1) is 0 Å². The number of ether oxygens (including phenoxy) is 1. The summed E-state index contributed by atoms with van der Waals surface area (Å²) in [6, 6.07) is 2.88. The Kier molecular flexibility index (Phi) is 6.19. The fourth-order valence-electron chi connectivity index (χ4n) is 1.87. The summed E-state index contributed by atoms with van der Waals surface area (Å²) in [6.45, 7) is 3.88. The number of sulfonamides is 1. The third-order valence-corrected chi connectivity index (χ3v) is 4.90. The van der Waals surface area contributed by atoms with E-state index in [2.05, 4.69) is 10.0 Å². The van der Waals surface area contributed by atoms with Crippen LogP contribution in [0.25, 0.3) is 0 Å². The van der Waals surface area contributed by atoms with Crippen LogP contribution in [-0.2, 0) is 10.0 Å². The highest BCUT2D eigenvalue weighted by atomic mass is 32.2. The van der Waals surface area contributed by atoms with Crippen LogP contribution < -0.4 is 14.8 Å². The zero-order valence-electron chi connectivity index (χ0n) is 13.6. The fourth-order valence-corrected chi connectivity index (χ4v) is 3.20. The number of nitrogens with zero attached hydrogens (tertiary/aromatic N) is 1. The van der Waals surface area contributed by atoms with Crippen LogP contribution in [0.2, 0.25) is 0 Å². The van der Waals surface area contributed by atoms with E-state index in [0.29, 0.717) is 11.3 Å². The Morgan fingerprint density at radius 1 is 1.18 bits per heavy atom. The molecule has 1 aromatic rings. The zero-order valence-corrected chi connectivity index (χ0v) is 14.4. The molecule has 0 saturated heterocycles. The van der Waals surface area contributed by atoms with Crippen molar-refractivity contribution in [2.24, 2.45) is 0 Å². The molecule has 0 saturated carbocycles. The van der Waals surface area contributed by atoms with Gasteiger partial charge in [-0.3, -0.25) is 0 Å². The van der Waals surface area contributed by atoms with Crippen molar-refractivity contribution in [3.05, 3.63) is 23.3 Å². The van der Waals surface area contributed by atoms with E-state index < -0.39 is 10.0 Å². The molecule has 0 atom stereocenters. The molecular weight excluding hydrogens is 306 g/mol. The fraction of sp³-hybridized carbons (Fsp3) is 0.500. The van der Waals surface area contributed by atoms with Gasteiger partial charge in [0.15, 0.2) is 0 Å². The Hall–Kier alpha value is -1.80. The second-order valence-corrected chi connectivity index (χ2v) is 6.78. The van der Waals surface area contributed by atoms with Crippen molar-refractivity contribution < 1.29 is 17.9 Å². The van der Waals surface area contributed by atoms with Crippen molar-refractivity contribution in [1.29, 1.82) is 0 Å². The van der Waals surface area contributed by atoms with E-state index in [4.69, 9.17) is 4.74 Å². The van der Waals surface area contributed by atoms with Gasteiger partial charge in [-0.1, -0.05) is 0 Å². The van der Waals surface area contributed by atoms with Gasteiger partial charge in [-0.25, -0.2) is 17.9 Å². The minimum absolute atomic E-state index is 0.117. The molecule has 0 unspecified atom stereocenters. The molecule has 0 aliphatic heterocycles. The zero-order chi connectivity index (χ0) is 16.9. The van der Waals surface area contributed by atoms with Crippen molar-refractivity contribution in [2.45, 2.75) is 18.7 Å². The van der Waals surface area contributed by atoms with Gasteiger partial charge in [0, 0.05) is 27.2 Å². The second kappa shape index (κ2) is 7.46. The Bertz CT molecular complexity index is 642. The Labute approximate surface area is 131 Å². The van der Waals surface area contributed by atoms with Gasteiger partial charge in [0.2, 0.25) is 10.0 Å². The molecule has 7 nitrogen and oxygen atoms in total. The second-order valence-electron chi connectivity index (χ2n) is 5.04. The number of carbonyl (C=O) groups is 1. The average Bonchev–Trinajstić information content (AvgIpc) is 2.45. The van der Waals surface area contributed by atoms with Crippen molar-refractivity contribution in [1.82, 2.24) is 14.9 Å². The molecular formula is C14H23N3O4S. The normalized spacial score (nSPS) is 11.1. The number of nitrogens with one attached hydrogen (secondary N) is 2. The van der Waals surface area contributed by atoms with Crippen LogP contribution in [0.4, 0.5) is 4.79 Å². The highest BCUT2D eigenvalue weighted by Gasteiger charge is 2.19. The van der Waals surface area contributed by atoms with Crippen LogP contribution in [0.15, 0.2) is 17.0 Å². The molecule has 0 aliphatic carbocycles. The summed E-state index contributed by atoms with van der Waals surface area (Å²) in [6.07, 6.45) is 0. The lowest BCUT2D eigenvalue weighted by Gasteiger charge is -2.15. The number of urea groups is 1. The molecule has 1 rings (SSSR count). The Balaban J connectivity index is 2.75. The largest absolute Gasteiger partial charge is 0.496 e. The first kappa shape index (κ1) is 18.2. The lowest BCUT2D eigenvalue weighted by molar-refractivity contribution is 0.217. The predicted octanol–water partition coefficient (Wildman–Crippen LogP) is 0.862. The first-order chi connectivity index (χ1) is 10.2. The van der Waals surface area contributed by atoms with Gasteiger partial charge in [-0.05, 0) is 37.1 Å². The number of carbonyl (C=O) groups excluding carboxylic acids is 1. The summed E-state index contributed by atoms with van der Waals surface area (Å²) < 4.78 is 32.3. The molecule has 0 spiro atoms. The van der Waals surface area contributed by atoms with Crippen LogP contribution in [0, 0.1) is 13.8 Å². The highest BCUT2D eigenvalue weighted by molar-refractivity contribution is 7.89. The Morgan fingerprint density at radius 2 is 1.82 bits per heavy atom. The first-order valence-corrected chi connectivity index (χ1v) is 8.28. The van der Waals surface area contributed by atoms with E-state index in [9.17, 15) is 13.2 Å². The first-order valence-electron chi connectivity index (χ1n) is 6.79. The maximum Gasteiger partial charge on any atom is 0.316 e. The third-order valence-electron chi connectivity index (χ3n) is 3.30. The molecule has 2 amide bonds. The molecule has 22 heavy (non-hydrogen) atoms.